The molecule has 0 N–H and O–H groups in total. The quantitative estimate of drug-likeness (QED) is 0.449. The van der Waals surface area contributed by atoms with Gasteiger partial charge in [0.2, 0.25) is 5.78 Å². The van der Waals surface area contributed by atoms with E-state index in [0.29, 0.717) is 0 Å². The van der Waals surface area contributed by atoms with Crippen molar-refractivity contribution >= 4 is 13.9 Å². The Morgan fingerprint density at radius 3 is 2.46 bits per heavy atom. The van der Waals surface area contributed by atoms with Crippen molar-refractivity contribution in [2.45, 2.75) is 46.5 Å². The fourth-order valence-electron chi connectivity index (χ4n) is 3.19. The van der Waals surface area contributed by atoms with Crippen LogP contribution in [0, 0.1) is 16.9 Å². The lowest BCUT2D eigenvalue weighted by Gasteiger charge is -2.16. The minimum atomic E-state index is -1.45. The second kappa shape index (κ2) is 5.79. The number of hydrogen-bond donors (Lipinski definition) is 0. The number of fused-ring (bicyclic) bond motifs is 1. The molecular weight excluding hydrogens is 310 g/mol. The summed E-state index contributed by atoms with van der Waals surface area (Å²) in [5, 5.41) is 0. The van der Waals surface area contributed by atoms with Crippen molar-refractivity contribution in [2.75, 3.05) is 0 Å². The highest BCUT2D eigenvalue weighted by Crippen LogP contribution is 2.36. The highest BCUT2D eigenvalue weighted by atomic mass is 28.3. The molecule has 3 rings (SSSR count). The molecule has 0 amide bonds. The molecule has 0 saturated carbocycles. The zero-order valence-electron chi connectivity index (χ0n) is 15.2. The molecule has 0 spiro atoms. The third-order valence-electron chi connectivity index (χ3n) is 4.28. The molecule has 2 aromatic rings. The molecule has 0 aliphatic carbocycles. The van der Waals surface area contributed by atoms with Crippen molar-refractivity contribution in [3.05, 3.63) is 58.9 Å². The summed E-state index contributed by atoms with van der Waals surface area (Å²) in [5.41, 5.74) is 7.42. The summed E-state index contributed by atoms with van der Waals surface area (Å²) in [7, 11) is -1.45. The summed E-state index contributed by atoms with van der Waals surface area (Å²) in [6, 6.07) is 11.5. The molecule has 0 bridgehead atoms. The number of carbonyl (C=O) groups is 1. The van der Waals surface area contributed by atoms with Crippen LogP contribution in [0.5, 0.6) is 0 Å². The van der Waals surface area contributed by atoms with E-state index in [1.165, 1.54) is 5.69 Å². The van der Waals surface area contributed by atoms with E-state index in [9.17, 15) is 4.79 Å². The first-order chi connectivity index (χ1) is 11.2. The summed E-state index contributed by atoms with van der Waals surface area (Å²) >= 11 is 0. The van der Waals surface area contributed by atoms with Crippen LogP contribution in [0.1, 0.15) is 41.2 Å². The van der Waals surface area contributed by atoms with Gasteiger partial charge in [0.15, 0.2) is 0 Å². The van der Waals surface area contributed by atoms with Gasteiger partial charge in [0.1, 0.15) is 8.07 Å². The Balaban J connectivity index is 2.08. The molecule has 124 valence electrons. The average Bonchev–Trinajstić information content (AvgIpc) is 2.98. The van der Waals surface area contributed by atoms with E-state index in [-0.39, 0.29) is 11.2 Å². The molecule has 1 aromatic carbocycles. The van der Waals surface area contributed by atoms with E-state index in [0.717, 1.165) is 29.8 Å². The van der Waals surface area contributed by atoms with Crippen molar-refractivity contribution in [3.8, 4) is 11.5 Å². The fourth-order valence-corrected chi connectivity index (χ4v) is 3.70. The molecule has 3 heteroatoms. The predicted octanol–water partition coefficient (Wildman–Crippen LogP) is 4.53. The largest absolute Gasteiger partial charge is 0.340 e. The fraction of sp³-hybridized carbons (Fsp3) is 0.381. The first kappa shape index (κ1) is 16.8. The highest BCUT2D eigenvalue weighted by molar-refractivity contribution is 6.83. The van der Waals surface area contributed by atoms with Crippen LogP contribution in [0.15, 0.2) is 36.4 Å². The van der Waals surface area contributed by atoms with Crippen LogP contribution in [0.4, 0.5) is 0 Å². The summed E-state index contributed by atoms with van der Waals surface area (Å²) < 4.78 is 2.20. The lowest BCUT2D eigenvalue weighted by Crippen LogP contribution is -2.16. The van der Waals surface area contributed by atoms with E-state index in [1.807, 2.05) is 36.4 Å². The molecule has 1 aliphatic heterocycles. The normalized spacial score (nSPS) is 15.5. The van der Waals surface area contributed by atoms with Gasteiger partial charge in [-0.25, -0.2) is 0 Å². The van der Waals surface area contributed by atoms with Crippen molar-refractivity contribution in [1.82, 2.24) is 4.57 Å². The minimum Gasteiger partial charge on any atom is -0.340 e. The maximum atomic E-state index is 13.0. The van der Waals surface area contributed by atoms with Crippen LogP contribution < -0.4 is 0 Å². The lowest BCUT2D eigenvalue weighted by molar-refractivity contribution is 0.102. The maximum Gasteiger partial charge on any atom is 0.209 e. The van der Waals surface area contributed by atoms with E-state index in [2.05, 4.69) is 49.5 Å². The number of nitrogens with zero attached hydrogens (tertiary/aromatic N) is 1. The Kier molecular flexibility index (Phi) is 4.05. The van der Waals surface area contributed by atoms with Crippen molar-refractivity contribution in [1.29, 1.82) is 0 Å². The average molecular weight is 336 g/mol. The van der Waals surface area contributed by atoms with Gasteiger partial charge in [-0.2, -0.15) is 0 Å². The van der Waals surface area contributed by atoms with Crippen LogP contribution in [-0.4, -0.2) is 18.4 Å². The molecule has 0 unspecified atom stereocenters. The molecule has 2 heterocycles. The van der Waals surface area contributed by atoms with Crippen LogP contribution in [0.2, 0.25) is 19.6 Å². The van der Waals surface area contributed by atoms with E-state index in [1.54, 1.807) is 0 Å². The first-order valence-electron chi connectivity index (χ1n) is 8.52. The van der Waals surface area contributed by atoms with Crippen molar-refractivity contribution in [3.63, 3.8) is 0 Å². The highest BCUT2D eigenvalue weighted by Gasteiger charge is 2.34. The van der Waals surface area contributed by atoms with Gasteiger partial charge in [-0.05, 0) is 17.9 Å². The number of rotatable bonds is 2. The maximum absolute atomic E-state index is 13.0. The Hall–Kier alpha value is -2.05. The molecule has 24 heavy (non-hydrogen) atoms. The number of carbonyl (C=O) groups excluding carboxylic acids is 1. The van der Waals surface area contributed by atoms with E-state index >= 15 is 0 Å². The van der Waals surface area contributed by atoms with Crippen molar-refractivity contribution < 1.29 is 4.79 Å². The van der Waals surface area contributed by atoms with Crippen LogP contribution in [-0.2, 0) is 13.0 Å². The van der Waals surface area contributed by atoms with Gasteiger partial charge in [-0.15, -0.1) is 5.54 Å². The Morgan fingerprint density at radius 2 is 1.83 bits per heavy atom. The smallest absolute Gasteiger partial charge is 0.209 e. The number of benzene rings is 1. The lowest BCUT2D eigenvalue weighted by atomic mass is 9.90. The molecule has 0 radical (unpaired) electrons. The molecule has 2 nitrogen and oxygen atoms in total. The third-order valence-corrected chi connectivity index (χ3v) is 5.16. The second-order valence-electron chi connectivity index (χ2n) is 8.51. The van der Waals surface area contributed by atoms with Gasteiger partial charge >= 0.3 is 0 Å². The molecule has 0 atom stereocenters. The Labute approximate surface area is 145 Å². The zero-order chi connectivity index (χ0) is 17.5. The van der Waals surface area contributed by atoms with Crippen LogP contribution >= 0.6 is 0 Å². The monoisotopic (exact) mass is 335 g/mol. The first-order valence-corrected chi connectivity index (χ1v) is 12.0. The number of hydrogen-bond acceptors (Lipinski definition) is 1. The molecular formula is C21H25NOSi. The number of ketones is 1. The van der Waals surface area contributed by atoms with E-state index in [4.69, 9.17) is 0 Å². The van der Waals surface area contributed by atoms with Gasteiger partial charge in [0.05, 0.1) is 5.69 Å². The topological polar surface area (TPSA) is 22.0 Å². The molecule has 1 aliphatic rings. The second-order valence-corrected chi connectivity index (χ2v) is 13.3. The molecule has 0 fully saturated rings. The zero-order valence-corrected chi connectivity index (χ0v) is 16.2. The van der Waals surface area contributed by atoms with Crippen molar-refractivity contribution in [2.24, 2.45) is 5.41 Å². The van der Waals surface area contributed by atoms with Gasteiger partial charge in [0.25, 0.3) is 0 Å². The predicted molar refractivity (Wildman–Crippen MR) is 102 cm³/mol. The molecule has 1 aromatic heterocycles. The standard InChI is InChI=1S/C21H25NOSi/c1-21(2)14-19-17(11-12-24(3,4)5)13-18(22(19)15-21)20(23)16-9-7-6-8-10-16/h6-10,13H,14-15H2,1-5H3. The minimum absolute atomic E-state index is 0.0932. The summed E-state index contributed by atoms with van der Waals surface area (Å²) in [6.07, 6.45) is 0.977. The number of aromatic nitrogens is 1. The molecule has 0 saturated heterocycles. The van der Waals surface area contributed by atoms with Crippen LogP contribution in [0.25, 0.3) is 0 Å². The van der Waals surface area contributed by atoms with Gasteiger partial charge in [0, 0.05) is 23.4 Å². The Morgan fingerprint density at radius 1 is 1.17 bits per heavy atom. The summed E-state index contributed by atoms with van der Waals surface area (Å²) in [5.74, 6) is 3.48. The third kappa shape index (κ3) is 3.39. The Bertz CT molecular complexity index is 842. The van der Waals surface area contributed by atoms with Gasteiger partial charge in [-0.1, -0.05) is 69.7 Å². The SMILES string of the molecule is CC1(C)Cc2c(C#C[Si](C)(C)C)cc(C(=O)c3ccccc3)n2C1. The van der Waals surface area contributed by atoms with Gasteiger partial charge < -0.3 is 4.57 Å². The van der Waals surface area contributed by atoms with E-state index < -0.39 is 8.07 Å². The van der Waals surface area contributed by atoms with Crippen LogP contribution in [0.3, 0.4) is 0 Å². The summed E-state index contributed by atoms with van der Waals surface area (Å²) in [4.78, 5) is 13.0. The van der Waals surface area contributed by atoms with Gasteiger partial charge in [-0.3, -0.25) is 4.79 Å². The summed E-state index contributed by atoms with van der Waals surface area (Å²) in [6.45, 7) is 12.1.